The lowest BCUT2D eigenvalue weighted by Gasteiger charge is -2.11. The fourth-order valence-electron chi connectivity index (χ4n) is 7.16. The maximum atomic E-state index is 5.18. The first-order chi connectivity index (χ1) is 22.8. The van der Waals surface area contributed by atoms with E-state index in [4.69, 9.17) is 15.0 Å². The van der Waals surface area contributed by atoms with Crippen LogP contribution in [0.15, 0.2) is 127 Å². The Bertz CT molecular complexity index is 2630. The molecule has 0 aliphatic heterocycles. The molecule has 3 aromatic heterocycles. The Morgan fingerprint density at radius 1 is 0.587 bits per heavy atom. The van der Waals surface area contributed by atoms with Crippen LogP contribution < -0.4 is 0 Å². The molecule has 10 rings (SSSR count). The summed E-state index contributed by atoms with van der Waals surface area (Å²) in [5.74, 6) is 1.92. The molecule has 0 bridgehead atoms. The van der Waals surface area contributed by atoms with E-state index in [0.717, 1.165) is 35.0 Å². The molecule has 6 aromatic carbocycles. The third kappa shape index (κ3) is 3.82. The normalized spacial score (nSPS) is 13.0. The van der Waals surface area contributed by atoms with Gasteiger partial charge in [-0.15, -0.1) is 11.3 Å². The summed E-state index contributed by atoms with van der Waals surface area (Å²) in [6.07, 6.45) is 6.75. The van der Waals surface area contributed by atoms with Crippen molar-refractivity contribution in [1.82, 2.24) is 19.5 Å². The van der Waals surface area contributed by atoms with Crippen molar-refractivity contribution >= 4 is 70.2 Å². The second-order valence-electron chi connectivity index (χ2n) is 12.0. The molecule has 46 heavy (non-hydrogen) atoms. The van der Waals surface area contributed by atoms with Crippen molar-refractivity contribution in [2.45, 2.75) is 12.8 Å². The number of nitrogens with zero attached hydrogens (tertiary/aromatic N) is 4. The molecule has 0 radical (unpaired) electrons. The molecule has 5 heteroatoms. The van der Waals surface area contributed by atoms with Crippen molar-refractivity contribution in [3.05, 3.63) is 139 Å². The monoisotopic (exact) mass is 606 g/mol. The Hall–Kier alpha value is -5.65. The molecule has 0 amide bonds. The van der Waals surface area contributed by atoms with Crippen LogP contribution in [0, 0.1) is 0 Å². The van der Waals surface area contributed by atoms with Crippen LogP contribution in [0.3, 0.4) is 0 Å². The molecule has 3 heterocycles. The fourth-order valence-corrected chi connectivity index (χ4v) is 8.45. The highest BCUT2D eigenvalue weighted by Gasteiger charge is 2.22. The Balaban J connectivity index is 1.36. The topological polar surface area (TPSA) is 43.6 Å². The molecule has 0 unspecified atom stereocenters. The van der Waals surface area contributed by atoms with Crippen LogP contribution in [0.25, 0.3) is 87.6 Å². The molecule has 1 aliphatic carbocycles. The lowest BCUT2D eigenvalue weighted by Crippen LogP contribution is -2.06. The van der Waals surface area contributed by atoms with E-state index < -0.39 is 0 Å². The van der Waals surface area contributed by atoms with Gasteiger partial charge < -0.3 is 0 Å². The number of hydrogen-bond donors (Lipinski definition) is 0. The smallest absolute Gasteiger partial charge is 0.238 e. The van der Waals surface area contributed by atoms with E-state index in [1.165, 1.54) is 52.8 Å². The van der Waals surface area contributed by atoms with E-state index in [2.05, 4.69) is 102 Å². The van der Waals surface area contributed by atoms with Crippen LogP contribution in [0.5, 0.6) is 0 Å². The van der Waals surface area contributed by atoms with Gasteiger partial charge in [0, 0.05) is 42.1 Å². The van der Waals surface area contributed by atoms with Crippen molar-refractivity contribution in [3.63, 3.8) is 0 Å². The molecule has 0 fully saturated rings. The number of aryl methyl sites for hydroxylation is 1. The molecule has 1 aliphatic rings. The van der Waals surface area contributed by atoms with Crippen LogP contribution >= 0.6 is 11.3 Å². The van der Waals surface area contributed by atoms with E-state index >= 15 is 0 Å². The van der Waals surface area contributed by atoms with E-state index in [0.29, 0.717) is 17.6 Å². The maximum absolute atomic E-state index is 5.18. The zero-order valence-electron chi connectivity index (χ0n) is 24.8. The molecule has 0 N–H and O–H groups in total. The number of benzene rings is 6. The molecule has 0 saturated heterocycles. The SMILES string of the molecule is C1=Cc2ccc3c(sc4ccc5c(c6cc7ccccc7cc6n5-c5nc(-c6ccccc6)nc(-c6ccccc6)n5)c43)c2CC1. The van der Waals surface area contributed by atoms with E-state index in [1.807, 2.05) is 47.7 Å². The van der Waals surface area contributed by atoms with Gasteiger partial charge >= 0.3 is 0 Å². The molecular formula is C41H26N4S. The third-order valence-corrected chi connectivity index (χ3v) is 10.5. The zero-order chi connectivity index (χ0) is 30.2. The fraction of sp³-hybridized carbons (Fsp3) is 0.0488. The minimum atomic E-state index is 0.615. The number of thiophene rings is 1. The third-order valence-electron chi connectivity index (χ3n) is 9.28. The number of fused-ring (bicyclic) bond motifs is 10. The molecule has 0 atom stereocenters. The Morgan fingerprint density at radius 2 is 1.28 bits per heavy atom. The van der Waals surface area contributed by atoms with E-state index in [1.54, 1.807) is 0 Å². The van der Waals surface area contributed by atoms with Crippen molar-refractivity contribution in [2.24, 2.45) is 0 Å². The second kappa shape index (κ2) is 9.93. The predicted octanol–water partition coefficient (Wildman–Crippen LogP) is 10.8. The Kier molecular flexibility index (Phi) is 5.54. The Labute approximate surface area is 268 Å². The van der Waals surface area contributed by atoms with Crippen LogP contribution in [0.2, 0.25) is 0 Å². The second-order valence-corrected chi connectivity index (χ2v) is 13.0. The maximum Gasteiger partial charge on any atom is 0.238 e. The van der Waals surface area contributed by atoms with E-state index in [9.17, 15) is 0 Å². The van der Waals surface area contributed by atoms with Crippen molar-refractivity contribution in [2.75, 3.05) is 0 Å². The van der Waals surface area contributed by atoms with Gasteiger partial charge in [0.1, 0.15) is 0 Å². The van der Waals surface area contributed by atoms with E-state index in [-0.39, 0.29) is 0 Å². The first-order valence-electron chi connectivity index (χ1n) is 15.7. The lowest BCUT2D eigenvalue weighted by molar-refractivity contribution is 0.954. The largest absolute Gasteiger partial charge is 0.278 e. The Morgan fingerprint density at radius 3 is 2.02 bits per heavy atom. The number of hydrogen-bond acceptors (Lipinski definition) is 4. The number of aromatic nitrogens is 4. The molecule has 4 nitrogen and oxygen atoms in total. The highest BCUT2D eigenvalue weighted by Crippen LogP contribution is 2.46. The summed E-state index contributed by atoms with van der Waals surface area (Å²) in [7, 11) is 0. The van der Waals surface area contributed by atoms with Crippen LogP contribution in [-0.4, -0.2) is 19.5 Å². The van der Waals surface area contributed by atoms with Gasteiger partial charge in [-0.25, -0.2) is 4.98 Å². The van der Waals surface area contributed by atoms with Crippen LogP contribution in [-0.2, 0) is 6.42 Å². The predicted molar refractivity (Wildman–Crippen MR) is 193 cm³/mol. The molecule has 9 aromatic rings. The average Bonchev–Trinajstić information content (AvgIpc) is 3.66. The molecular weight excluding hydrogens is 581 g/mol. The lowest BCUT2D eigenvalue weighted by atomic mass is 9.94. The average molecular weight is 607 g/mol. The van der Waals surface area contributed by atoms with Gasteiger partial charge in [0.05, 0.1) is 11.0 Å². The van der Waals surface area contributed by atoms with Gasteiger partial charge in [0.2, 0.25) is 5.95 Å². The number of rotatable bonds is 3. The minimum absolute atomic E-state index is 0.615. The quantitative estimate of drug-likeness (QED) is 0.201. The zero-order valence-corrected chi connectivity index (χ0v) is 25.6. The summed E-state index contributed by atoms with van der Waals surface area (Å²) in [5, 5.41) is 7.51. The molecule has 0 saturated carbocycles. The van der Waals surface area contributed by atoms with Gasteiger partial charge in [-0.05, 0) is 59.0 Å². The summed E-state index contributed by atoms with van der Waals surface area (Å²) in [4.78, 5) is 15.3. The minimum Gasteiger partial charge on any atom is -0.278 e. The summed E-state index contributed by atoms with van der Waals surface area (Å²) in [6, 6.07) is 42.8. The van der Waals surface area contributed by atoms with Gasteiger partial charge in [-0.2, -0.15) is 9.97 Å². The molecule has 216 valence electrons. The molecule has 0 spiro atoms. The number of allylic oxidation sites excluding steroid dienone is 1. The first kappa shape index (κ1) is 25.7. The van der Waals surface area contributed by atoms with Gasteiger partial charge in [0.15, 0.2) is 11.6 Å². The van der Waals surface area contributed by atoms with Crippen LogP contribution in [0.4, 0.5) is 0 Å². The van der Waals surface area contributed by atoms with Gasteiger partial charge in [0.25, 0.3) is 0 Å². The highest BCUT2D eigenvalue weighted by atomic mass is 32.1. The van der Waals surface area contributed by atoms with Gasteiger partial charge in [-0.3, -0.25) is 4.57 Å². The summed E-state index contributed by atoms with van der Waals surface area (Å²) < 4.78 is 4.97. The summed E-state index contributed by atoms with van der Waals surface area (Å²) in [5.41, 5.74) is 6.92. The van der Waals surface area contributed by atoms with Crippen molar-refractivity contribution in [3.8, 4) is 28.7 Å². The summed E-state index contributed by atoms with van der Waals surface area (Å²) >= 11 is 1.92. The van der Waals surface area contributed by atoms with Crippen LogP contribution in [0.1, 0.15) is 17.5 Å². The van der Waals surface area contributed by atoms with Gasteiger partial charge in [-0.1, -0.05) is 109 Å². The van der Waals surface area contributed by atoms with Crippen molar-refractivity contribution < 1.29 is 0 Å². The standard InChI is InChI=1S/C41H26N4S/c1-3-12-26(13-4-1)39-42-40(27-14-5-2-6-15-27)44-41(43-39)45-33-21-22-35-37(31-20-19-25-11-9-10-18-30(25)38(31)46-35)36(33)32-23-28-16-7-8-17-29(28)24-34(32)45/h1-9,11-17,19-24H,10,18H2. The highest BCUT2D eigenvalue weighted by molar-refractivity contribution is 7.26. The van der Waals surface area contributed by atoms with Crippen molar-refractivity contribution in [1.29, 1.82) is 0 Å². The first-order valence-corrected chi connectivity index (χ1v) is 16.5. The summed E-state index contributed by atoms with van der Waals surface area (Å²) in [6.45, 7) is 0.